The molecule has 1 fully saturated rings. The fourth-order valence-electron chi connectivity index (χ4n) is 3.19. The number of aliphatic hydroxyl groups excluding tert-OH is 1. The minimum atomic E-state index is -0.243. The molecule has 1 aromatic carbocycles. The molecule has 1 aromatic heterocycles. The minimum Gasteiger partial charge on any atom is -0.396 e. The third kappa shape index (κ3) is 4.81. The number of hydrogen-bond donors (Lipinski definition) is 2. The zero-order valence-electron chi connectivity index (χ0n) is 15.3. The molecule has 1 aliphatic rings. The molecular formula is C19H21Cl3N4O2. The van der Waals surface area contributed by atoms with Crippen LogP contribution in [0.3, 0.4) is 0 Å². The predicted octanol–water partition coefficient (Wildman–Crippen LogP) is 4.31. The molecule has 1 aliphatic heterocycles. The van der Waals surface area contributed by atoms with Crippen molar-refractivity contribution in [3.63, 3.8) is 0 Å². The van der Waals surface area contributed by atoms with Gasteiger partial charge < -0.3 is 20.2 Å². The number of urea groups is 1. The first kappa shape index (κ1) is 21.0. The number of nitrogens with one attached hydrogen (secondary N) is 1. The lowest BCUT2D eigenvalue weighted by Crippen LogP contribution is -2.39. The highest BCUT2D eigenvalue weighted by Crippen LogP contribution is 2.33. The van der Waals surface area contributed by atoms with E-state index in [9.17, 15) is 9.90 Å². The van der Waals surface area contributed by atoms with Gasteiger partial charge >= 0.3 is 6.03 Å². The number of nitrogens with zero attached hydrogens (tertiary/aromatic N) is 3. The van der Waals surface area contributed by atoms with Gasteiger partial charge in [0, 0.05) is 61.8 Å². The summed E-state index contributed by atoms with van der Waals surface area (Å²) in [6.07, 6.45) is 3.07. The predicted molar refractivity (Wildman–Crippen MR) is 114 cm³/mol. The van der Waals surface area contributed by atoms with Crippen molar-refractivity contribution in [2.45, 2.75) is 6.92 Å². The monoisotopic (exact) mass is 442 g/mol. The largest absolute Gasteiger partial charge is 0.396 e. The van der Waals surface area contributed by atoms with Crippen molar-refractivity contribution in [2.24, 2.45) is 5.92 Å². The number of rotatable bonds is 3. The van der Waals surface area contributed by atoms with E-state index >= 15 is 0 Å². The van der Waals surface area contributed by atoms with Crippen LogP contribution in [0.4, 0.5) is 16.2 Å². The van der Waals surface area contributed by atoms with Gasteiger partial charge in [-0.2, -0.15) is 0 Å². The maximum atomic E-state index is 12.8. The fourth-order valence-corrected chi connectivity index (χ4v) is 3.97. The lowest BCUT2D eigenvalue weighted by molar-refractivity contribution is 0.181. The number of pyridine rings is 1. The Hall–Kier alpha value is -1.73. The normalized spacial score (nSPS) is 17.4. The SMILES string of the molecule is Cc1ccc(NC(=O)N2CCN(c3c(Cl)cncc3Cl)CC(CO)C2)cc1Cl. The van der Waals surface area contributed by atoms with Gasteiger partial charge in [0.1, 0.15) is 0 Å². The van der Waals surface area contributed by atoms with E-state index in [2.05, 4.69) is 10.3 Å². The van der Waals surface area contributed by atoms with Crippen LogP contribution in [0.1, 0.15) is 5.56 Å². The van der Waals surface area contributed by atoms with Gasteiger partial charge in [-0.1, -0.05) is 40.9 Å². The zero-order chi connectivity index (χ0) is 20.3. The van der Waals surface area contributed by atoms with Crippen molar-refractivity contribution in [1.82, 2.24) is 9.88 Å². The molecule has 2 aromatic rings. The molecule has 1 atom stereocenters. The summed E-state index contributed by atoms with van der Waals surface area (Å²) in [4.78, 5) is 20.4. The Morgan fingerprint density at radius 3 is 2.54 bits per heavy atom. The van der Waals surface area contributed by atoms with Crippen LogP contribution in [0, 0.1) is 12.8 Å². The molecule has 1 saturated heterocycles. The van der Waals surface area contributed by atoms with Crippen LogP contribution in [0.2, 0.25) is 15.1 Å². The standard InChI is InChI=1S/C19H21Cl3N4O2/c1-12-2-3-14(6-15(12)20)24-19(28)26-5-4-25(9-13(10-26)11-27)18-16(21)7-23-8-17(18)22/h2-3,6-8,13,27H,4-5,9-11H2,1H3,(H,24,28). The topological polar surface area (TPSA) is 68.7 Å². The molecule has 0 spiro atoms. The molecule has 150 valence electrons. The molecule has 0 aliphatic carbocycles. The summed E-state index contributed by atoms with van der Waals surface area (Å²) in [6.45, 7) is 3.77. The van der Waals surface area contributed by atoms with Crippen LogP contribution < -0.4 is 10.2 Å². The van der Waals surface area contributed by atoms with E-state index in [1.807, 2.05) is 24.0 Å². The van der Waals surface area contributed by atoms with Crippen molar-refractivity contribution < 1.29 is 9.90 Å². The Morgan fingerprint density at radius 1 is 1.18 bits per heavy atom. The van der Waals surface area contributed by atoms with Crippen molar-refractivity contribution in [3.8, 4) is 0 Å². The van der Waals surface area contributed by atoms with Gasteiger partial charge in [-0.3, -0.25) is 4.98 Å². The highest BCUT2D eigenvalue weighted by atomic mass is 35.5. The van der Waals surface area contributed by atoms with Crippen LogP contribution in [0.25, 0.3) is 0 Å². The van der Waals surface area contributed by atoms with Crippen LogP contribution in [0.5, 0.6) is 0 Å². The smallest absolute Gasteiger partial charge is 0.321 e. The molecule has 2 heterocycles. The maximum absolute atomic E-state index is 12.8. The molecule has 0 radical (unpaired) electrons. The molecule has 0 bridgehead atoms. The molecular weight excluding hydrogens is 423 g/mol. The number of aliphatic hydroxyl groups is 1. The van der Waals surface area contributed by atoms with Gasteiger partial charge in [-0.15, -0.1) is 0 Å². The zero-order valence-corrected chi connectivity index (χ0v) is 17.6. The summed E-state index contributed by atoms with van der Waals surface area (Å²) in [7, 11) is 0. The first-order valence-corrected chi connectivity index (χ1v) is 9.99. The van der Waals surface area contributed by atoms with Gasteiger partial charge in [0.2, 0.25) is 0 Å². The minimum absolute atomic E-state index is 0.0586. The quantitative estimate of drug-likeness (QED) is 0.741. The van der Waals surface area contributed by atoms with Crippen molar-refractivity contribution in [2.75, 3.05) is 43.0 Å². The van der Waals surface area contributed by atoms with Crippen molar-refractivity contribution >= 4 is 52.2 Å². The fraction of sp³-hybridized carbons (Fsp3) is 0.368. The van der Waals surface area contributed by atoms with Crippen LogP contribution >= 0.6 is 34.8 Å². The van der Waals surface area contributed by atoms with E-state index in [1.54, 1.807) is 11.0 Å². The average Bonchev–Trinajstić information content (AvgIpc) is 2.87. The van der Waals surface area contributed by atoms with E-state index in [1.165, 1.54) is 12.4 Å². The van der Waals surface area contributed by atoms with Gasteiger partial charge in [0.25, 0.3) is 0 Å². The summed E-state index contributed by atoms with van der Waals surface area (Å²) in [5.74, 6) is -0.143. The van der Waals surface area contributed by atoms with Gasteiger partial charge in [0.05, 0.1) is 15.7 Å². The van der Waals surface area contributed by atoms with Gasteiger partial charge in [-0.05, 0) is 24.6 Å². The van der Waals surface area contributed by atoms with E-state index in [-0.39, 0.29) is 18.6 Å². The summed E-state index contributed by atoms with van der Waals surface area (Å²) in [5.41, 5.74) is 2.24. The molecule has 6 nitrogen and oxygen atoms in total. The Labute approximate surface area is 179 Å². The lowest BCUT2D eigenvalue weighted by atomic mass is 10.1. The van der Waals surface area contributed by atoms with Crippen LogP contribution in [-0.2, 0) is 0 Å². The number of benzene rings is 1. The highest BCUT2D eigenvalue weighted by Gasteiger charge is 2.27. The number of aromatic nitrogens is 1. The van der Waals surface area contributed by atoms with Crippen molar-refractivity contribution in [1.29, 1.82) is 0 Å². The number of carbonyl (C=O) groups is 1. The van der Waals surface area contributed by atoms with E-state index in [4.69, 9.17) is 34.8 Å². The molecule has 3 rings (SSSR count). The lowest BCUT2D eigenvalue weighted by Gasteiger charge is -2.26. The number of aryl methyl sites for hydroxylation is 1. The average molecular weight is 444 g/mol. The Balaban J connectivity index is 1.75. The number of hydrogen-bond acceptors (Lipinski definition) is 4. The molecule has 1 unspecified atom stereocenters. The number of amides is 2. The van der Waals surface area contributed by atoms with Gasteiger partial charge in [-0.25, -0.2) is 4.79 Å². The molecule has 2 amide bonds. The molecule has 28 heavy (non-hydrogen) atoms. The third-order valence-corrected chi connectivity index (χ3v) is 5.67. The van der Waals surface area contributed by atoms with E-state index in [0.29, 0.717) is 52.6 Å². The highest BCUT2D eigenvalue weighted by molar-refractivity contribution is 6.38. The first-order valence-electron chi connectivity index (χ1n) is 8.86. The second-order valence-corrected chi connectivity index (χ2v) is 8.01. The summed E-state index contributed by atoms with van der Waals surface area (Å²) in [5, 5.41) is 14.1. The molecule has 9 heteroatoms. The van der Waals surface area contributed by atoms with Crippen LogP contribution in [-0.4, -0.2) is 53.8 Å². The maximum Gasteiger partial charge on any atom is 0.321 e. The Kier molecular flexibility index (Phi) is 6.88. The molecule has 0 saturated carbocycles. The van der Waals surface area contributed by atoms with Crippen molar-refractivity contribution in [3.05, 3.63) is 51.2 Å². The second-order valence-electron chi connectivity index (χ2n) is 6.79. The van der Waals surface area contributed by atoms with Crippen LogP contribution in [0.15, 0.2) is 30.6 Å². The van der Waals surface area contributed by atoms with Gasteiger partial charge in [0.15, 0.2) is 0 Å². The Morgan fingerprint density at radius 2 is 1.89 bits per heavy atom. The number of carbonyl (C=O) groups excluding carboxylic acids is 1. The summed E-state index contributed by atoms with van der Waals surface area (Å²) in [6, 6.07) is 5.14. The first-order chi connectivity index (χ1) is 13.4. The van der Waals surface area contributed by atoms with E-state index in [0.717, 1.165) is 5.56 Å². The summed E-state index contributed by atoms with van der Waals surface area (Å²) >= 11 is 18.7. The summed E-state index contributed by atoms with van der Waals surface area (Å²) < 4.78 is 0. The molecule has 2 N–H and O–H groups in total. The number of halogens is 3. The number of anilines is 2. The van der Waals surface area contributed by atoms with E-state index < -0.39 is 0 Å². The Bertz CT molecular complexity index is 845. The second kappa shape index (κ2) is 9.18. The third-order valence-electron chi connectivity index (χ3n) is 4.71.